The summed E-state index contributed by atoms with van der Waals surface area (Å²) in [5.41, 5.74) is 1.78. The van der Waals surface area contributed by atoms with Gasteiger partial charge in [0.2, 0.25) is 0 Å². The van der Waals surface area contributed by atoms with Gasteiger partial charge < -0.3 is 5.32 Å². The van der Waals surface area contributed by atoms with Gasteiger partial charge in [-0.3, -0.25) is 9.10 Å². The number of para-hydroxylation sites is 1. The van der Waals surface area contributed by atoms with Gasteiger partial charge in [-0.25, -0.2) is 8.42 Å². The predicted molar refractivity (Wildman–Crippen MR) is 116 cm³/mol. The topological polar surface area (TPSA) is 66.5 Å². The molecule has 0 unspecified atom stereocenters. The molecule has 6 heteroatoms. The SMILES string of the molecule is C[C@@H](CNC(=O)c1ccccc1N(C)S(=O)(=O)c1ccccc1)c1ccccc1. The molecular weight excluding hydrogens is 384 g/mol. The van der Waals surface area contributed by atoms with Crippen LogP contribution in [-0.2, 0) is 10.0 Å². The first-order valence-electron chi connectivity index (χ1n) is 9.37. The molecule has 0 spiro atoms. The summed E-state index contributed by atoms with van der Waals surface area (Å²) in [6, 6.07) is 24.8. The van der Waals surface area contributed by atoms with Crippen LogP contribution in [0.4, 0.5) is 5.69 Å². The highest BCUT2D eigenvalue weighted by atomic mass is 32.2. The Morgan fingerprint density at radius 1 is 0.897 bits per heavy atom. The molecular formula is C23H24N2O3S. The van der Waals surface area contributed by atoms with E-state index >= 15 is 0 Å². The maximum Gasteiger partial charge on any atom is 0.264 e. The van der Waals surface area contributed by atoms with E-state index in [9.17, 15) is 13.2 Å². The van der Waals surface area contributed by atoms with E-state index < -0.39 is 10.0 Å². The van der Waals surface area contributed by atoms with Gasteiger partial charge in [0.15, 0.2) is 0 Å². The molecule has 1 amide bonds. The van der Waals surface area contributed by atoms with Crippen LogP contribution in [0.3, 0.4) is 0 Å². The van der Waals surface area contributed by atoms with Gasteiger partial charge in [0.05, 0.1) is 16.1 Å². The van der Waals surface area contributed by atoms with E-state index in [0.29, 0.717) is 17.8 Å². The average Bonchev–Trinajstić information content (AvgIpc) is 2.77. The van der Waals surface area contributed by atoms with Crippen LogP contribution in [-0.4, -0.2) is 27.9 Å². The predicted octanol–water partition coefficient (Wildman–Crippen LogP) is 4.05. The van der Waals surface area contributed by atoms with Crippen LogP contribution in [0, 0.1) is 0 Å². The van der Waals surface area contributed by atoms with E-state index in [4.69, 9.17) is 0 Å². The Morgan fingerprint density at radius 3 is 2.10 bits per heavy atom. The summed E-state index contributed by atoms with van der Waals surface area (Å²) in [5, 5.41) is 2.92. The molecule has 0 saturated heterocycles. The zero-order chi connectivity index (χ0) is 20.9. The van der Waals surface area contributed by atoms with Gasteiger partial charge in [-0.15, -0.1) is 0 Å². The number of nitrogens with zero attached hydrogens (tertiary/aromatic N) is 1. The summed E-state index contributed by atoms with van der Waals surface area (Å²) in [7, 11) is -2.31. The first-order valence-corrected chi connectivity index (χ1v) is 10.8. The Hall–Kier alpha value is -3.12. The maximum absolute atomic E-state index is 13.0. The second kappa shape index (κ2) is 8.92. The summed E-state index contributed by atoms with van der Waals surface area (Å²) in [6.45, 7) is 2.49. The lowest BCUT2D eigenvalue weighted by Gasteiger charge is -2.22. The number of hydrogen-bond acceptors (Lipinski definition) is 3. The van der Waals surface area contributed by atoms with E-state index in [1.54, 1.807) is 42.5 Å². The van der Waals surface area contributed by atoms with Crippen LogP contribution in [0.15, 0.2) is 89.8 Å². The molecule has 0 aliphatic heterocycles. The molecule has 3 aromatic rings. The molecule has 3 rings (SSSR count). The molecule has 0 saturated carbocycles. The zero-order valence-electron chi connectivity index (χ0n) is 16.4. The Morgan fingerprint density at radius 2 is 1.45 bits per heavy atom. The minimum Gasteiger partial charge on any atom is -0.351 e. The van der Waals surface area contributed by atoms with Crippen molar-refractivity contribution in [3.63, 3.8) is 0 Å². The smallest absolute Gasteiger partial charge is 0.264 e. The van der Waals surface area contributed by atoms with Crippen LogP contribution < -0.4 is 9.62 Å². The Labute approximate surface area is 172 Å². The van der Waals surface area contributed by atoms with Crippen LogP contribution >= 0.6 is 0 Å². The minimum atomic E-state index is -3.77. The highest BCUT2D eigenvalue weighted by molar-refractivity contribution is 7.92. The van der Waals surface area contributed by atoms with Crippen molar-refractivity contribution in [3.8, 4) is 0 Å². The third-order valence-corrected chi connectivity index (χ3v) is 6.61. The molecule has 3 aromatic carbocycles. The average molecular weight is 409 g/mol. The van der Waals surface area contributed by atoms with E-state index in [1.807, 2.05) is 37.3 Å². The van der Waals surface area contributed by atoms with Gasteiger partial charge in [0.25, 0.3) is 15.9 Å². The van der Waals surface area contributed by atoms with Gasteiger partial charge in [-0.2, -0.15) is 0 Å². The number of carbonyl (C=O) groups is 1. The second-order valence-electron chi connectivity index (χ2n) is 6.82. The van der Waals surface area contributed by atoms with E-state index in [-0.39, 0.29) is 16.7 Å². The molecule has 1 N–H and O–H groups in total. The molecule has 1 atom stereocenters. The van der Waals surface area contributed by atoms with Gasteiger partial charge in [-0.05, 0) is 35.7 Å². The van der Waals surface area contributed by atoms with E-state index in [0.717, 1.165) is 9.87 Å². The van der Waals surface area contributed by atoms with Crippen molar-refractivity contribution in [1.29, 1.82) is 0 Å². The number of carbonyl (C=O) groups excluding carboxylic acids is 1. The van der Waals surface area contributed by atoms with Crippen molar-refractivity contribution >= 4 is 21.6 Å². The number of anilines is 1. The van der Waals surface area contributed by atoms with Gasteiger partial charge in [0, 0.05) is 13.6 Å². The van der Waals surface area contributed by atoms with Crippen molar-refractivity contribution in [1.82, 2.24) is 5.32 Å². The first-order chi connectivity index (χ1) is 13.9. The maximum atomic E-state index is 13.0. The summed E-state index contributed by atoms with van der Waals surface area (Å²) in [6.07, 6.45) is 0. The van der Waals surface area contributed by atoms with Crippen molar-refractivity contribution in [2.75, 3.05) is 17.9 Å². The standard InChI is InChI=1S/C23H24N2O3S/c1-18(19-11-5-3-6-12-19)17-24-23(26)21-15-9-10-16-22(21)25(2)29(27,28)20-13-7-4-8-14-20/h3-16,18H,17H2,1-2H3,(H,24,26)/t18-/m0/s1. The number of rotatable bonds is 7. The summed E-state index contributed by atoms with van der Waals surface area (Å²) >= 11 is 0. The van der Waals surface area contributed by atoms with Crippen LogP contribution in [0.25, 0.3) is 0 Å². The monoisotopic (exact) mass is 408 g/mol. The largest absolute Gasteiger partial charge is 0.351 e. The van der Waals surface area contributed by atoms with Gasteiger partial charge >= 0.3 is 0 Å². The zero-order valence-corrected chi connectivity index (χ0v) is 17.3. The molecule has 0 bridgehead atoms. The van der Waals surface area contributed by atoms with Crippen LogP contribution in [0.1, 0.15) is 28.8 Å². The first kappa shape index (κ1) is 20.6. The van der Waals surface area contributed by atoms with Crippen LogP contribution in [0.2, 0.25) is 0 Å². The number of amides is 1. The normalized spacial score (nSPS) is 12.2. The lowest BCUT2D eigenvalue weighted by molar-refractivity contribution is 0.0952. The quantitative estimate of drug-likeness (QED) is 0.641. The molecule has 5 nitrogen and oxygen atoms in total. The van der Waals surface area contributed by atoms with Crippen molar-refractivity contribution in [2.24, 2.45) is 0 Å². The fourth-order valence-electron chi connectivity index (χ4n) is 3.06. The Bertz CT molecular complexity index is 1070. The van der Waals surface area contributed by atoms with Crippen molar-refractivity contribution < 1.29 is 13.2 Å². The molecule has 29 heavy (non-hydrogen) atoms. The highest BCUT2D eigenvalue weighted by Crippen LogP contribution is 2.25. The Kier molecular flexibility index (Phi) is 6.34. The molecule has 0 aromatic heterocycles. The minimum absolute atomic E-state index is 0.137. The number of nitrogens with one attached hydrogen (secondary N) is 1. The number of hydrogen-bond donors (Lipinski definition) is 1. The number of sulfonamides is 1. The highest BCUT2D eigenvalue weighted by Gasteiger charge is 2.24. The molecule has 0 fully saturated rings. The summed E-state index contributed by atoms with van der Waals surface area (Å²) in [4.78, 5) is 13.0. The molecule has 0 heterocycles. The fourth-order valence-corrected chi connectivity index (χ4v) is 4.30. The molecule has 0 aliphatic rings. The van der Waals surface area contributed by atoms with Gasteiger partial charge in [-0.1, -0.05) is 67.6 Å². The van der Waals surface area contributed by atoms with Crippen molar-refractivity contribution in [3.05, 3.63) is 96.1 Å². The van der Waals surface area contributed by atoms with E-state index in [1.165, 1.54) is 19.2 Å². The fraction of sp³-hybridized carbons (Fsp3) is 0.174. The lowest BCUT2D eigenvalue weighted by Crippen LogP contribution is -2.32. The molecule has 0 aliphatic carbocycles. The molecule has 150 valence electrons. The second-order valence-corrected chi connectivity index (χ2v) is 8.79. The van der Waals surface area contributed by atoms with E-state index in [2.05, 4.69) is 5.32 Å². The summed E-state index contributed by atoms with van der Waals surface area (Å²) < 4.78 is 27.1. The van der Waals surface area contributed by atoms with Gasteiger partial charge in [0.1, 0.15) is 0 Å². The summed E-state index contributed by atoms with van der Waals surface area (Å²) in [5.74, 6) is -0.170. The Balaban J connectivity index is 1.80. The molecule has 0 radical (unpaired) electrons. The third kappa shape index (κ3) is 4.66. The van der Waals surface area contributed by atoms with Crippen LogP contribution in [0.5, 0.6) is 0 Å². The van der Waals surface area contributed by atoms with Crippen molar-refractivity contribution in [2.45, 2.75) is 17.7 Å². The third-order valence-electron chi connectivity index (χ3n) is 4.83. The number of benzene rings is 3. The lowest BCUT2D eigenvalue weighted by atomic mass is 10.0.